The van der Waals surface area contributed by atoms with E-state index in [-0.39, 0.29) is 54.7 Å². The maximum atomic E-state index is 15.8. The second-order valence-corrected chi connectivity index (χ2v) is 9.62. The number of aryl methyl sites for hydroxylation is 1. The van der Waals surface area contributed by atoms with Crippen LogP contribution >= 0.6 is 11.3 Å². The van der Waals surface area contributed by atoms with Crippen LogP contribution in [-0.2, 0) is 6.54 Å². The van der Waals surface area contributed by atoms with Crippen molar-refractivity contribution >= 4 is 43.2 Å². The van der Waals surface area contributed by atoms with E-state index >= 15 is 8.78 Å². The normalized spacial score (nSPS) is 18.1. The second kappa shape index (κ2) is 7.48. The molecule has 6 rings (SSSR count). The van der Waals surface area contributed by atoms with E-state index in [1.807, 2.05) is 6.07 Å². The van der Waals surface area contributed by atoms with Gasteiger partial charge in [-0.05, 0) is 24.1 Å². The minimum Gasteiger partial charge on any atom is -0.389 e. The number of nitrogens with two attached hydrogens (primary N) is 1. The number of thiophene rings is 1. The molecule has 4 aromatic rings. The fourth-order valence-corrected chi connectivity index (χ4v) is 6.23. The van der Waals surface area contributed by atoms with Crippen molar-refractivity contribution in [3.05, 3.63) is 53.0 Å². The van der Waals surface area contributed by atoms with Crippen LogP contribution in [-0.4, -0.2) is 41.1 Å². The standard InChI is InChI=1S/C24H18F3N5OS/c25-15-2-1-12(18-14(8-28)23(29)34-22(15)18)19-16(26)7-13-21-20(19)17(27)10-31(21)5-3-11-9-30-4-6-32(11)24(13)33/h1-2,7,10-11,30H,3-6,9,29H2/t11-/m0/s1. The highest BCUT2D eigenvalue weighted by atomic mass is 32.1. The zero-order chi connectivity index (χ0) is 23.7. The van der Waals surface area contributed by atoms with Gasteiger partial charge in [0.25, 0.3) is 5.91 Å². The number of aromatic nitrogens is 1. The molecule has 6 nitrogen and oxygen atoms in total. The number of amides is 1. The summed E-state index contributed by atoms with van der Waals surface area (Å²) in [5, 5.41) is 13.1. The van der Waals surface area contributed by atoms with Crippen LogP contribution in [0.1, 0.15) is 22.3 Å². The summed E-state index contributed by atoms with van der Waals surface area (Å²) in [5.74, 6) is -2.45. The highest BCUT2D eigenvalue weighted by molar-refractivity contribution is 7.23. The van der Waals surface area contributed by atoms with Crippen LogP contribution < -0.4 is 11.1 Å². The summed E-state index contributed by atoms with van der Waals surface area (Å²) < 4.78 is 47.6. The lowest BCUT2D eigenvalue weighted by Gasteiger charge is -2.38. The minimum absolute atomic E-state index is 0.0202. The van der Waals surface area contributed by atoms with Crippen molar-refractivity contribution in [3.8, 4) is 17.2 Å². The number of carbonyl (C=O) groups is 1. The van der Waals surface area contributed by atoms with Crippen molar-refractivity contribution in [1.29, 1.82) is 5.26 Å². The lowest BCUT2D eigenvalue weighted by Crippen LogP contribution is -2.54. The smallest absolute Gasteiger partial charge is 0.256 e. The fourth-order valence-electron chi connectivity index (χ4n) is 5.28. The van der Waals surface area contributed by atoms with Gasteiger partial charge in [-0.3, -0.25) is 4.79 Å². The Kier molecular flexibility index (Phi) is 4.62. The zero-order valence-electron chi connectivity index (χ0n) is 17.8. The average molecular weight is 482 g/mol. The zero-order valence-corrected chi connectivity index (χ0v) is 18.6. The SMILES string of the molecule is N#Cc1c(N)sc2c(F)ccc(-c3c(F)cc4c5c3c(F)cn5CC[C@H]3CNCCN3C4=O)c12. The van der Waals surface area contributed by atoms with Crippen LogP contribution in [0.25, 0.3) is 32.1 Å². The van der Waals surface area contributed by atoms with Gasteiger partial charge in [0.05, 0.1) is 21.3 Å². The quantitative estimate of drug-likeness (QED) is 0.426. The van der Waals surface area contributed by atoms with E-state index in [0.717, 1.165) is 23.5 Å². The number of rotatable bonds is 1. The average Bonchev–Trinajstić information content (AvgIpc) is 3.34. The largest absolute Gasteiger partial charge is 0.389 e. The Morgan fingerprint density at radius 2 is 1.94 bits per heavy atom. The van der Waals surface area contributed by atoms with Gasteiger partial charge in [-0.2, -0.15) is 5.26 Å². The molecule has 2 aromatic heterocycles. The number of piperazine rings is 1. The van der Waals surface area contributed by atoms with E-state index in [2.05, 4.69) is 5.32 Å². The third kappa shape index (κ3) is 2.80. The van der Waals surface area contributed by atoms with E-state index in [9.17, 15) is 14.4 Å². The summed E-state index contributed by atoms with van der Waals surface area (Å²) in [4.78, 5) is 15.2. The van der Waals surface area contributed by atoms with Crippen LogP contribution in [0.4, 0.5) is 18.2 Å². The Labute approximate surface area is 196 Å². The number of hydrogen-bond acceptors (Lipinski definition) is 5. The summed E-state index contributed by atoms with van der Waals surface area (Å²) in [5.41, 5.74) is 6.41. The summed E-state index contributed by atoms with van der Waals surface area (Å²) in [7, 11) is 0. The van der Waals surface area contributed by atoms with Crippen molar-refractivity contribution in [2.75, 3.05) is 25.4 Å². The molecule has 0 bridgehead atoms. The van der Waals surface area contributed by atoms with E-state index in [0.29, 0.717) is 38.1 Å². The topological polar surface area (TPSA) is 87.1 Å². The molecule has 0 saturated carbocycles. The maximum Gasteiger partial charge on any atom is 0.256 e. The van der Waals surface area contributed by atoms with E-state index in [1.54, 1.807) is 9.47 Å². The number of anilines is 1. The molecule has 3 N–H and O–H groups in total. The highest BCUT2D eigenvalue weighted by Crippen LogP contribution is 2.45. The minimum atomic E-state index is -0.818. The van der Waals surface area contributed by atoms with Crippen molar-refractivity contribution < 1.29 is 18.0 Å². The van der Waals surface area contributed by atoms with Gasteiger partial charge in [0, 0.05) is 54.8 Å². The summed E-state index contributed by atoms with van der Waals surface area (Å²) in [6, 6.07) is 5.52. The van der Waals surface area contributed by atoms with Gasteiger partial charge in [-0.25, -0.2) is 13.2 Å². The maximum absolute atomic E-state index is 15.8. The number of nitrogens with zero attached hydrogens (tertiary/aromatic N) is 3. The van der Waals surface area contributed by atoms with Gasteiger partial charge in [0.15, 0.2) is 0 Å². The number of fused-ring (bicyclic) bond motifs is 2. The first kappa shape index (κ1) is 21.0. The number of benzene rings is 2. The van der Waals surface area contributed by atoms with Crippen LogP contribution in [0, 0.1) is 28.8 Å². The Hall–Kier alpha value is -3.55. The molecule has 2 aliphatic heterocycles. The van der Waals surface area contributed by atoms with Crippen molar-refractivity contribution in [3.63, 3.8) is 0 Å². The van der Waals surface area contributed by atoms with Gasteiger partial charge >= 0.3 is 0 Å². The molecule has 0 radical (unpaired) electrons. The first-order chi connectivity index (χ1) is 16.4. The second-order valence-electron chi connectivity index (χ2n) is 8.57. The molecule has 4 heterocycles. The Morgan fingerprint density at radius 1 is 1.12 bits per heavy atom. The summed E-state index contributed by atoms with van der Waals surface area (Å²) >= 11 is 0.889. The molecule has 1 atom stereocenters. The first-order valence-corrected chi connectivity index (χ1v) is 11.7. The van der Waals surface area contributed by atoms with Crippen molar-refractivity contribution in [1.82, 2.24) is 14.8 Å². The Bertz CT molecular complexity index is 1570. The fraction of sp³-hybridized carbons (Fsp3) is 0.250. The van der Waals surface area contributed by atoms with Crippen LogP contribution in [0.15, 0.2) is 24.4 Å². The van der Waals surface area contributed by atoms with Gasteiger partial charge in [-0.1, -0.05) is 6.07 Å². The molecule has 10 heteroatoms. The lowest BCUT2D eigenvalue weighted by atomic mass is 9.93. The third-order valence-corrected chi connectivity index (χ3v) is 7.82. The van der Waals surface area contributed by atoms with Crippen molar-refractivity contribution in [2.24, 2.45) is 0 Å². The monoisotopic (exact) mass is 481 g/mol. The van der Waals surface area contributed by atoms with E-state index in [4.69, 9.17) is 5.73 Å². The molecule has 1 saturated heterocycles. The molecule has 1 amide bonds. The molecule has 0 spiro atoms. The van der Waals surface area contributed by atoms with E-state index < -0.39 is 17.5 Å². The number of nitrogens with one attached hydrogen (secondary N) is 1. The molecule has 34 heavy (non-hydrogen) atoms. The van der Waals surface area contributed by atoms with Crippen molar-refractivity contribution in [2.45, 2.75) is 19.0 Å². The number of nitrogen functional groups attached to an aromatic ring is 1. The predicted octanol–water partition coefficient (Wildman–Crippen LogP) is 4.21. The van der Waals surface area contributed by atoms with Gasteiger partial charge in [-0.15, -0.1) is 11.3 Å². The van der Waals surface area contributed by atoms with Crippen LogP contribution in [0.5, 0.6) is 0 Å². The number of hydrogen-bond donors (Lipinski definition) is 2. The molecule has 2 aliphatic rings. The third-order valence-electron chi connectivity index (χ3n) is 6.79. The molecule has 0 aliphatic carbocycles. The lowest BCUT2D eigenvalue weighted by molar-refractivity contribution is 0.0615. The van der Waals surface area contributed by atoms with Gasteiger partial charge < -0.3 is 20.5 Å². The number of carbonyl (C=O) groups excluding carboxylic acids is 1. The van der Waals surface area contributed by atoms with Crippen LogP contribution in [0.2, 0.25) is 0 Å². The van der Waals surface area contributed by atoms with Gasteiger partial charge in [0.2, 0.25) is 0 Å². The molecule has 0 unspecified atom stereocenters. The molecule has 2 aromatic carbocycles. The summed E-state index contributed by atoms with van der Waals surface area (Å²) in [6.45, 7) is 2.18. The predicted molar refractivity (Wildman–Crippen MR) is 124 cm³/mol. The Morgan fingerprint density at radius 3 is 2.74 bits per heavy atom. The number of halogens is 3. The Balaban J connectivity index is 1.69. The summed E-state index contributed by atoms with van der Waals surface area (Å²) in [6.07, 6.45) is 1.90. The molecular weight excluding hydrogens is 463 g/mol. The molecule has 1 fully saturated rings. The van der Waals surface area contributed by atoms with E-state index in [1.165, 1.54) is 12.3 Å². The highest BCUT2D eigenvalue weighted by Gasteiger charge is 2.34. The number of nitriles is 1. The molecular formula is C24H18F3N5OS. The molecule has 172 valence electrons. The van der Waals surface area contributed by atoms with Gasteiger partial charge in [0.1, 0.15) is 28.5 Å². The first-order valence-electron chi connectivity index (χ1n) is 10.8. The van der Waals surface area contributed by atoms with Crippen LogP contribution in [0.3, 0.4) is 0 Å².